The van der Waals surface area contributed by atoms with Gasteiger partial charge in [0.1, 0.15) is 11.8 Å². The predicted octanol–water partition coefficient (Wildman–Crippen LogP) is 1.75. The molecule has 17 heavy (non-hydrogen) atoms. The normalized spacial score (nSPS) is 18.5. The number of carboxylic acids is 1. The zero-order valence-corrected chi connectivity index (χ0v) is 9.90. The summed E-state index contributed by atoms with van der Waals surface area (Å²) in [7, 11) is 0. The molecule has 2 rings (SSSR count). The van der Waals surface area contributed by atoms with Gasteiger partial charge in [0.25, 0.3) is 0 Å². The van der Waals surface area contributed by atoms with Crippen LogP contribution in [0, 0.1) is 0 Å². The largest absolute Gasteiger partial charge is 0.494 e. The van der Waals surface area contributed by atoms with Gasteiger partial charge >= 0.3 is 5.97 Å². The van der Waals surface area contributed by atoms with Crippen LogP contribution in [0.25, 0.3) is 0 Å². The lowest BCUT2D eigenvalue weighted by atomic mass is 9.94. The first-order valence-corrected chi connectivity index (χ1v) is 5.94. The number of hydrogen-bond donors (Lipinski definition) is 2. The first-order valence-electron chi connectivity index (χ1n) is 5.94. The topological polar surface area (TPSA) is 58.6 Å². The van der Waals surface area contributed by atoms with E-state index >= 15 is 0 Å². The summed E-state index contributed by atoms with van der Waals surface area (Å²) in [4.78, 5) is 11.1. The maximum Gasteiger partial charge on any atom is 0.325 e. The maximum absolute atomic E-state index is 11.1. The third kappa shape index (κ3) is 2.58. The lowest BCUT2D eigenvalue weighted by Crippen LogP contribution is -2.34. The molecule has 1 unspecified atom stereocenters. The van der Waals surface area contributed by atoms with Crippen molar-refractivity contribution in [2.24, 2.45) is 0 Å². The van der Waals surface area contributed by atoms with Crippen molar-refractivity contribution in [2.45, 2.75) is 25.8 Å². The van der Waals surface area contributed by atoms with Gasteiger partial charge in [-0.25, -0.2) is 0 Å². The fraction of sp³-hybridized carbons (Fsp3) is 0.462. The highest BCUT2D eigenvalue weighted by atomic mass is 16.5. The molecule has 0 saturated heterocycles. The van der Waals surface area contributed by atoms with Crippen molar-refractivity contribution in [3.05, 3.63) is 29.3 Å². The zero-order chi connectivity index (χ0) is 12.3. The highest BCUT2D eigenvalue weighted by Crippen LogP contribution is 2.27. The Balaban J connectivity index is 2.27. The molecule has 2 N–H and O–H groups in total. The molecule has 1 aliphatic rings. The van der Waals surface area contributed by atoms with E-state index in [9.17, 15) is 4.79 Å². The van der Waals surface area contributed by atoms with Crippen molar-refractivity contribution in [2.75, 3.05) is 13.2 Å². The Morgan fingerprint density at radius 1 is 1.59 bits per heavy atom. The quantitative estimate of drug-likeness (QED) is 0.834. The van der Waals surface area contributed by atoms with E-state index in [4.69, 9.17) is 9.84 Å². The van der Waals surface area contributed by atoms with Crippen LogP contribution in [-0.2, 0) is 11.2 Å². The van der Waals surface area contributed by atoms with E-state index in [1.807, 2.05) is 25.1 Å². The molecule has 0 bridgehead atoms. The van der Waals surface area contributed by atoms with Crippen molar-refractivity contribution in [3.8, 4) is 5.75 Å². The maximum atomic E-state index is 11.1. The van der Waals surface area contributed by atoms with Gasteiger partial charge in [-0.05, 0) is 36.1 Å². The Hall–Kier alpha value is -1.55. The fourth-order valence-corrected chi connectivity index (χ4v) is 2.06. The van der Waals surface area contributed by atoms with E-state index < -0.39 is 12.0 Å². The number of carbonyl (C=O) groups is 1. The van der Waals surface area contributed by atoms with Gasteiger partial charge in [-0.2, -0.15) is 0 Å². The minimum atomic E-state index is -0.835. The van der Waals surface area contributed by atoms with E-state index in [-0.39, 0.29) is 0 Å². The summed E-state index contributed by atoms with van der Waals surface area (Å²) in [5, 5.41) is 12.2. The molecule has 4 heteroatoms. The van der Waals surface area contributed by atoms with Crippen molar-refractivity contribution in [1.29, 1.82) is 0 Å². The summed E-state index contributed by atoms with van der Waals surface area (Å²) in [6, 6.07) is 5.12. The first-order chi connectivity index (χ1) is 8.22. The molecule has 0 aliphatic carbocycles. The third-order valence-electron chi connectivity index (χ3n) is 2.89. The Labute approximate surface area is 101 Å². The van der Waals surface area contributed by atoms with Crippen LogP contribution in [0.3, 0.4) is 0 Å². The van der Waals surface area contributed by atoms with Gasteiger partial charge in [-0.15, -0.1) is 0 Å². The Kier molecular flexibility index (Phi) is 3.64. The monoisotopic (exact) mass is 235 g/mol. The molecule has 92 valence electrons. The number of benzene rings is 1. The van der Waals surface area contributed by atoms with Gasteiger partial charge in [0.15, 0.2) is 0 Å². The molecule has 4 nitrogen and oxygen atoms in total. The Bertz CT molecular complexity index is 417. The number of nitrogens with one attached hydrogen (secondary N) is 1. The van der Waals surface area contributed by atoms with Crippen LogP contribution in [0.4, 0.5) is 0 Å². The van der Waals surface area contributed by atoms with Crippen molar-refractivity contribution < 1.29 is 14.6 Å². The number of carboxylic acid groups (broad SMARTS) is 1. The second kappa shape index (κ2) is 5.19. The van der Waals surface area contributed by atoms with E-state index in [0.717, 1.165) is 29.7 Å². The molecule has 1 aromatic rings. The molecule has 1 heterocycles. The van der Waals surface area contributed by atoms with Crippen molar-refractivity contribution in [3.63, 3.8) is 0 Å². The highest BCUT2D eigenvalue weighted by Gasteiger charge is 2.25. The second-order valence-electron chi connectivity index (χ2n) is 4.18. The van der Waals surface area contributed by atoms with Crippen molar-refractivity contribution >= 4 is 5.97 Å². The summed E-state index contributed by atoms with van der Waals surface area (Å²) in [6.07, 6.45) is 1.81. The lowest BCUT2D eigenvalue weighted by molar-refractivity contribution is -0.139. The van der Waals surface area contributed by atoms with Gasteiger partial charge in [-0.3, -0.25) is 4.79 Å². The number of aliphatic carboxylic acids is 1. The number of rotatable bonds is 4. The molecule has 0 spiro atoms. The second-order valence-corrected chi connectivity index (χ2v) is 4.18. The average molecular weight is 235 g/mol. The molecule has 1 aliphatic heterocycles. The SMILES string of the molecule is CCCOc1ccc2c(c1)C(C(=O)O)NCC2. The molecule has 1 atom stereocenters. The molecule has 0 saturated carbocycles. The first kappa shape index (κ1) is 11.9. The minimum absolute atomic E-state index is 0.607. The molecular weight excluding hydrogens is 218 g/mol. The van der Waals surface area contributed by atoms with Crippen LogP contribution in [0.5, 0.6) is 5.75 Å². The lowest BCUT2D eigenvalue weighted by Gasteiger charge is -2.24. The zero-order valence-electron chi connectivity index (χ0n) is 9.90. The van der Waals surface area contributed by atoms with Crippen LogP contribution >= 0.6 is 0 Å². The summed E-state index contributed by atoms with van der Waals surface area (Å²) in [5.74, 6) is -0.0841. The fourth-order valence-electron chi connectivity index (χ4n) is 2.06. The molecule has 0 fully saturated rings. The van der Waals surface area contributed by atoms with E-state index in [0.29, 0.717) is 13.2 Å². The van der Waals surface area contributed by atoms with Gasteiger partial charge < -0.3 is 15.2 Å². The minimum Gasteiger partial charge on any atom is -0.494 e. The Morgan fingerprint density at radius 2 is 2.41 bits per heavy atom. The Morgan fingerprint density at radius 3 is 3.12 bits per heavy atom. The van der Waals surface area contributed by atoms with Gasteiger partial charge in [0.2, 0.25) is 0 Å². The van der Waals surface area contributed by atoms with E-state index in [2.05, 4.69) is 5.32 Å². The summed E-state index contributed by atoms with van der Waals surface area (Å²) in [6.45, 7) is 3.41. The van der Waals surface area contributed by atoms with Gasteiger partial charge in [-0.1, -0.05) is 13.0 Å². The summed E-state index contributed by atoms with van der Waals surface area (Å²) >= 11 is 0. The van der Waals surface area contributed by atoms with Gasteiger partial charge in [0.05, 0.1) is 6.61 Å². The molecule has 1 aromatic carbocycles. The van der Waals surface area contributed by atoms with Crippen LogP contribution in [0.2, 0.25) is 0 Å². The average Bonchev–Trinajstić information content (AvgIpc) is 2.35. The third-order valence-corrected chi connectivity index (χ3v) is 2.89. The van der Waals surface area contributed by atoms with E-state index in [1.54, 1.807) is 0 Å². The number of hydrogen-bond acceptors (Lipinski definition) is 3. The molecular formula is C13H17NO3. The predicted molar refractivity (Wildman–Crippen MR) is 64.3 cm³/mol. The standard InChI is InChI=1S/C13H17NO3/c1-2-7-17-10-4-3-9-5-6-14-12(13(15)16)11(9)8-10/h3-4,8,12,14H,2,5-7H2,1H3,(H,15,16). The summed E-state index contributed by atoms with van der Waals surface area (Å²) < 4.78 is 5.53. The number of fused-ring (bicyclic) bond motifs is 1. The number of ether oxygens (including phenoxy) is 1. The highest BCUT2D eigenvalue weighted by molar-refractivity contribution is 5.76. The smallest absolute Gasteiger partial charge is 0.325 e. The van der Waals surface area contributed by atoms with Gasteiger partial charge in [0, 0.05) is 6.54 Å². The van der Waals surface area contributed by atoms with Crippen LogP contribution in [0.1, 0.15) is 30.5 Å². The molecule has 0 amide bonds. The van der Waals surface area contributed by atoms with Crippen LogP contribution in [-0.4, -0.2) is 24.2 Å². The van der Waals surface area contributed by atoms with Crippen molar-refractivity contribution in [1.82, 2.24) is 5.32 Å². The molecule has 0 aromatic heterocycles. The molecule has 0 radical (unpaired) electrons. The van der Waals surface area contributed by atoms with E-state index in [1.165, 1.54) is 0 Å². The van der Waals surface area contributed by atoms with Crippen LogP contribution < -0.4 is 10.1 Å². The van der Waals surface area contributed by atoms with Crippen LogP contribution in [0.15, 0.2) is 18.2 Å². The summed E-state index contributed by atoms with van der Waals surface area (Å²) in [5.41, 5.74) is 1.93.